The Labute approximate surface area is 59.0 Å². The lowest BCUT2D eigenvalue weighted by Gasteiger charge is -2.14. The highest BCUT2D eigenvalue weighted by Gasteiger charge is 2.27. The van der Waals surface area contributed by atoms with Crippen molar-refractivity contribution in [1.29, 1.82) is 0 Å². The molecule has 2 amide bonds. The van der Waals surface area contributed by atoms with E-state index in [0.717, 1.165) is 6.42 Å². The van der Waals surface area contributed by atoms with E-state index in [0.29, 0.717) is 13.0 Å². The molecule has 0 spiro atoms. The molecule has 1 aliphatic rings. The Kier molecular flexibility index (Phi) is 1.89. The van der Waals surface area contributed by atoms with Crippen molar-refractivity contribution in [2.75, 3.05) is 6.54 Å². The smallest absolute Gasteiger partial charge is 0.240 e. The standard InChI is InChI=1S/C6H9N2O2/c7-6(10)5-2-1-3-8(5)4-9/h2,4-5H,1,3H2,(H2,7,10)/t5-/m0/s1. The Morgan fingerprint density at radius 3 is 2.90 bits per heavy atom. The van der Waals surface area contributed by atoms with Gasteiger partial charge in [-0.05, 0) is 12.8 Å². The van der Waals surface area contributed by atoms with Crippen molar-refractivity contribution in [2.24, 2.45) is 5.73 Å². The number of rotatable bonds is 2. The summed E-state index contributed by atoms with van der Waals surface area (Å²) in [7, 11) is 0. The summed E-state index contributed by atoms with van der Waals surface area (Å²) in [5.74, 6) is -0.454. The SMILES string of the molecule is NC(=O)[C@@H]1[CH]CCN1C=O. The van der Waals surface area contributed by atoms with Crippen molar-refractivity contribution in [2.45, 2.75) is 12.5 Å². The zero-order valence-electron chi connectivity index (χ0n) is 5.49. The third kappa shape index (κ3) is 1.10. The van der Waals surface area contributed by atoms with E-state index < -0.39 is 11.9 Å². The molecule has 0 saturated carbocycles. The highest BCUT2D eigenvalue weighted by Crippen LogP contribution is 2.12. The van der Waals surface area contributed by atoms with Gasteiger partial charge in [0.25, 0.3) is 0 Å². The van der Waals surface area contributed by atoms with Gasteiger partial charge in [-0.3, -0.25) is 9.59 Å². The highest BCUT2D eigenvalue weighted by molar-refractivity contribution is 5.84. The first-order chi connectivity index (χ1) is 4.75. The van der Waals surface area contributed by atoms with Crippen LogP contribution in [0.4, 0.5) is 0 Å². The fourth-order valence-electron chi connectivity index (χ4n) is 1.05. The van der Waals surface area contributed by atoms with Crippen LogP contribution in [0.15, 0.2) is 0 Å². The van der Waals surface area contributed by atoms with Crippen LogP contribution >= 0.6 is 0 Å². The van der Waals surface area contributed by atoms with Crippen LogP contribution in [0.1, 0.15) is 6.42 Å². The first-order valence-corrected chi connectivity index (χ1v) is 3.09. The van der Waals surface area contributed by atoms with Crippen LogP contribution in [0.25, 0.3) is 0 Å². The summed E-state index contributed by atoms with van der Waals surface area (Å²) in [6.07, 6.45) is 3.15. The second kappa shape index (κ2) is 2.68. The van der Waals surface area contributed by atoms with E-state index in [1.807, 2.05) is 0 Å². The van der Waals surface area contributed by atoms with E-state index in [-0.39, 0.29) is 0 Å². The van der Waals surface area contributed by atoms with Gasteiger partial charge >= 0.3 is 0 Å². The van der Waals surface area contributed by atoms with E-state index in [2.05, 4.69) is 0 Å². The van der Waals surface area contributed by atoms with Crippen LogP contribution in [0.2, 0.25) is 0 Å². The Morgan fingerprint density at radius 2 is 2.50 bits per heavy atom. The minimum atomic E-state index is -0.475. The number of nitrogens with two attached hydrogens (primary N) is 1. The lowest BCUT2D eigenvalue weighted by Crippen LogP contribution is -2.39. The van der Waals surface area contributed by atoms with Crippen LogP contribution in [0.3, 0.4) is 0 Å². The third-order valence-corrected chi connectivity index (χ3v) is 1.56. The maximum atomic E-state index is 10.6. The molecule has 1 fully saturated rings. The monoisotopic (exact) mass is 141 g/mol. The molecule has 0 aromatic heterocycles. The zero-order valence-corrected chi connectivity index (χ0v) is 5.49. The van der Waals surface area contributed by atoms with Crippen molar-refractivity contribution in [3.63, 3.8) is 0 Å². The zero-order chi connectivity index (χ0) is 7.56. The minimum absolute atomic E-state index is 0.454. The van der Waals surface area contributed by atoms with Gasteiger partial charge in [0.1, 0.15) is 6.04 Å². The van der Waals surface area contributed by atoms with Crippen LogP contribution in [0.5, 0.6) is 0 Å². The van der Waals surface area contributed by atoms with Crippen LogP contribution in [-0.2, 0) is 9.59 Å². The number of nitrogens with zero attached hydrogens (tertiary/aromatic N) is 1. The Morgan fingerprint density at radius 1 is 1.80 bits per heavy atom. The number of carbonyl (C=O) groups is 2. The van der Waals surface area contributed by atoms with Gasteiger partial charge < -0.3 is 10.6 Å². The number of hydrogen-bond acceptors (Lipinski definition) is 2. The molecular formula is C6H9N2O2. The average Bonchev–Trinajstić information content (AvgIpc) is 2.33. The normalized spacial score (nSPS) is 24.8. The fraction of sp³-hybridized carbons (Fsp3) is 0.500. The summed E-state index contributed by atoms with van der Waals surface area (Å²) in [6, 6.07) is -0.475. The molecule has 1 aliphatic heterocycles. The number of amides is 2. The first kappa shape index (κ1) is 7.05. The maximum Gasteiger partial charge on any atom is 0.240 e. The molecular weight excluding hydrogens is 132 g/mol. The largest absolute Gasteiger partial charge is 0.368 e. The summed E-state index contributed by atoms with van der Waals surface area (Å²) in [5, 5.41) is 0. The second-order valence-electron chi connectivity index (χ2n) is 2.21. The van der Waals surface area contributed by atoms with E-state index in [9.17, 15) is 9.59 Å². The van der Waals surface area contributed by atoms with E-state index in [1.54, 1.807) is 6.42 Å². The maximum absolute atomic E-state index is 10.6. The quantitative estimate of drug-likeness (QED) is 0.496. The predicted molar refractivity (Wildman–Crippen MR) is 34.7 cm³/mol. The fourth-order valence-corrected chi connectivity index (χ4v) is 1.05. The molecule has 4 heteroatoms. The lowest BCUT2D eigenvalue weighted by molar-refractivity contribution is -0.128. The second-order valence-corrected chi connectivity index (χ2v) is 2.21. The van der Waals surface area contributed by atoms with E-state index in [1.165, 1.54) is 4.90 Å². The summed E-state index contributed by atoms with van der Waals surface area (Å²) in [6.45, 7) is 0.608. The topological polar surface area (TPSA) is 63.4 Å². The van der Waals surface area contributed by atoms with Crippen molar-refractivity contribution in [3.05, 3.63) is 6.42 Å². The molecule has 0 bridgehead atoms. The summed E-state index contributed by atoms with van der Waals surface area (Å²) in [5.41, 5.74) is 4.99. The number of carbonyl (C=O) groups excluding carboxylic acids is 2. The van der Waals surface area contributed by atoms with Gasteiger partial charge in [-0.2, -0.15) is 0 Å². The number of likely N-dealkylation sites (tertiary alicyclic amines) is 1. The molecule has 1 rings (SSSR count). The van der Waals surface area contributed by atoms with Gasteiger partial charge in [-0.25, -0.2) is 0 Å². The Hall–Kier alpha value is -1.06. The summed E-state index contributed by atoms with van der Waals surface area (Å²) >= 11 is 0. The molecule has 0 unspecified atom stereocenters. The lowest BCUT2D eigenvalue weighted by atomic mass is 10.2. The Bertz CT molecular complexity index is 158. The van der Waals surface area contributed by atoms with Crippen molar-refractivity contribution >= 4 is 12.3 Å². The molecule has 1 atom stereocenters. The van der Waals surface area contributed by atoms with E-state index >= 15 is 0 Å². The molecule has 1 saturated heterocycles. The molecule has 2 N–H and O–H groups in total. The molecule has 1 radical (unpaired) electrons. The van der Waals surface area contributed by atoms with Gasteiger partial charge in [0.15, 0.2) is 0 Å². The predicted octanol–water partition coefficient (Wildman–Crippen LogP) is -1.09. The number of hydrogen-bond donors (Lipinski definition) is 1. The van der Waals surface area contributed by atoms with Gasteiger partial charge in [0, 0.05) is 6.54 Å². The molecule has 0 aliphatic carbocycles. The van der Waals surface area contributed by atoms with Crippen molar-refractivity contribution in [3.8, 4) is 0 Å². The highest BCUT2D eigenvalue weighted by atomic mass is 16.2. The van der Waals surface area contributed by atoms with Crippen LogP contribution in [-0.4, -0.2) is 29.8 Å². The van der Waals surface area contributed by atoms with Crippen LogP contribution in [0, 0.1) is 6.42 Å². The average molecular weight is 141 g/mol. The molecule has 1 heterocycles. The Balaban J connectivity index is 2.58. The summed E-state index contributed by atoms with van der Waals surface area (Å²) in [4.78, 5) is 22.2. The van der Waals surface area contributed by atoms with E-state index in [4.69, 9.17) is 5.73 Å². The molecule has 10 heavy (non-hydrogen) atoms. The molecule has 0 aromatic carbocycles. The minimum Gasteiger partial charge on any atom is -0.368 e. The van der Waals surface area contributed by atoms with Crippen LogP contribution < -0.4 is 5.73 Å². The number of primary amides is 1. The van der Waals surface area contributed by atoms with Gasteiger partial charge in [-0.1, -0.05) is 0 Å². The molecule has 4 nitrogen and oxygen atoms in total. The first-order valence-electron chi connectivity index (χ1n) is 3.09. The summed E-state index contributed by atoms with van der Waals surface area (Å²) < 4.78 is 0. The third-order valence-electron chi connectivity index (χ3n) is 1.56. The molecule has 55 valence electrons. The van der Waals surface area contributed by atoms with Gasteiger partial charge in [0.05, 0.1) is 0 Å². The van der Waals surface area contributed by atoms with Crippen molar-refractivity contribution in [1.82, 2.24) is 4.90 Å². The molecule has 0 aromatic rings. The van der Waals surface area contributed by atoms with Crippen molar-refractivity contribution < 1.29 is 9.59 Å². The van der Waals surface area contributed by atoms with Gasteiger partial charge in [0.2, 0.25) is 12.3 Å². The van der Waals surface area contributed by atoms with Gasteiger partial charge in [-0.15, -0.1) is 0 Å².